The number of hydrogen-bond acceptors (Lipinski definition) is 4. The fraction of sp³-hybridized carbons (Fsp3) is 0.235. The number of urea groups is 1. The number of carbonyl (C=O) groups excluding carboxylic acids is 1. The summed E-state index contributed by atoms with van der Waals surface area (Å²) in [4.78, 5) is 13.5. The van der Waals surface area contributed by atoms with Gasteiger partial charge >= 0.3 is 6.03 Å². The number of fused-ring (bicyclic) bond motifs is 2. The molecule has 0 fully saturated rings. The van der Waals surface area contributed by atoms with Gasteiger partial charge < -0.3 is 20.1 Å². The average molecular weight is 328 g/mol. The minimum Gasteiger partial charge on any atom is -0.454 e. The van der Waals surface area contributed by atoms with Gasteiger partial charge in [0, 0.05) is 22.4 Å². The van der Waals surface area contributed by atoms with Crippen LogP contribution in [0.15, 0.2) is 47.4 Å². The summed E-state index contributed by atoms with van der Waals surface area (Å²) in [6.07, 6.45) is 0.927. The van der Waals surface area contributed by atoms with Crippen LogP contribution in [0, 0.1) is 0 Å². The van der Waals surface area contributed by atoms with Crippen molar-refractivity contribution in [2.75, 3.05) is 17.9 Å². The number of amides is 2. The summed E-state index contributed by atoms with van der Waals surface area (Å²) in [6.45, 7) is 0.224. The van der Waals surface area contributed by atoms with Crippen molar-refractivity contribution in [3.8, 4) is 11.5 Å². The maximum Gasteiger partial charge on any atom is 0.319 e. The van der Waals surface area contributed by atoms with Crippen molar-refractivity contribution in [1.82, 2.24) is 5.32 Å². The van der Waals surface area contributed by atoms with Gasteiger partial charge in [0.1, 0.15) is 0 Å². The Hall–Kier alpha value is -2.34. The van der Waals surface area contributed by atoms with E-state index in [1.807, 2.05) is 23.9 Å². The summed E-state index contributed by atoms with van der Waals surface area (Å²) < 4.78 is 10.6. The summed E-state index contributed by atoms with van der Waals surface area (Å²) in [7, 11) is 0. The third-order valence-corrected chi connectivity index (χ3v) is 5.02. The third-order valence-electron chi connectivity index (χ3n) is 3.89. The van der Waals surface area contributed by atoms with Crippen LogP contribution in [0.1, 0.15) is 18.0 Å². The Morgan fingerprint density at radius 1 is 1.13 bits per heavy atom. The Morgan fingerprint density at radius 2 is 2.00 bits per heavy atom. The average Bonchev–Trinajstić information content (AvgIpc) is 3.03. The molecule has 2 aliphatic heterocycles. The van der Waals surface area contributed by atoms with Gasteiger partial charge in [-0.3, -0.25) is 0 Å². The van der Waals surface area contributed by atoms with Crippen molar-refractivity contribution in [2.24, 2.45) is 0 Å². The highest BCUT2D eigenvalue weighted by Crippen LogP contribution is 2.36. The Kier molecular flexibility index (Phi) is 3.75. The lowest BCUT2D eigenvalue weighted by Crippen LogP contribution is -2.34. The van der Waals surface area contributed by atoms with Crippen molar-refractivity contribution in [3.05, 3.63) is 48.0 Å². The molecule has 2 aromatic rings. The Balaban J connectivity index is 1.45. The highest BCUT2D eigenvalue weighted by atomic mass is 32.2. The van der Waals surface area contributed by atoms with Crippen LogP contribution in [0.25, 0.3) is 0 Å². The molecule has 118 valence electrons. The molecule has 2 amide bonds. The normalized spacial score (nSPS) is 18.2. The van der Waals surface area contributed by atoms with Gasteiger partial charge in [0.15, 0.2) is 11.5 Å². The molecule has 2 aliphatic rings. The first-order valence-corrected chi connectivity index (χ1v) is 8.47. The van der Waals surface area contributed by atoms with Crippen LogP contribution in [0.4, 0.5) is 10.5 Å². The van der Waals surface area contributed by atoms with Crippen molar-refractivity contribution in [1.29, 1.82) is 0 Å². The van der Waals surface area contributed by atoms with Gasteiger partial charge in [-0.05, 0) is 30.2 Å². The lowest BCUT2D eigenvalue weighted by atomic mass is 10.0. The van der Waals surface area contributed by atoms with E-state index in [9.17, 15) is 4.79 Å². The monoisotopic (exact) mass is 328 g/mol. The molecule has 0 unspecified atom stereocenters. The van der Waals surface area contributed by atoms with E-state index in [0.29, 0.717) is 17.2 Å². The predicted octanol–water partition coefficient (Wildman–Crippen LogP) is 3.77. The van der Waals surface area contributed by atoms with Crippen molar-refractivity contribution in [3.63, 3.8) is 0 Å². The van der Waals surface area contributed by atoms with Gasteiger partial charge in [0.25, 0.3) is 0 Å². The molecule has 6 heteroatoms. The van der Waals surface area contributed by atoms with Crippen molar-refractivity contribution < 1.29 is 14.3 Å². The van der Waals surface area contributed by atoms with E-state index in [0.717, 1.165) is 12.2 Å². The molecule has 0 saturated heterocycles. The number of rotatable bonds is 2. The molecule has 23 heavy (non-hydrogen) atoms. The Bertz CT molecular complexity index is 750. The van der Waals surface area contributed by atoms with Crippen LogP contribution < -0.4 is 20.1 Å². The zero-order valence-electron chi connectivity index (χ0n) is 12.4. The zero-order chi connectivity index (χ0) is 15.6. The summed E-state index contributed by atoms with van der Waals surface area (Å²) >= 11 is 1.83. The smallest absolute Gasteiger partial charge is 0.319 e. The molecule has 0 aliphatic carbocycles. The maximum atomic E-state index is 12.3. The van der Waals surface area contributed by atoms with E-state index in [1.165, 1.54) is 10.5 Å². The standard InChI is InChI=1S/C17H16N2O3S/c20-17(18-11-5-6-14-15(9-11)22-10-21-14)19-13-7-8-23-16-4-2-1-3-12(13)16/h1-6,9,13H,7-8,10H2,(H2,18,19,20)/t13-/m0/s1. The van der Waals surface area contributed by atoms with E-state index >= 15 is 0 Å². The van der Waals surface area contributed by atoms with Crippen LogP contribution in [0.3, 0.4) is 0 Å². The van der Waals surface area contributed by atoms with E-state index in [1.54, 1.807) is 18.2 Å². The number of thioether (sulfide) groups is 1. The van der Waals surface area contributed by atoms with Gasteiger partial charge in [-0.1, -0.05) is 18.2 Å². The lowest BCUT2D eigenvalue weighted by Gasteiger charge is -2.25. The molecule has 1 atom stereocenters. The van der Waals surface area contributed by atoms with Crippen molar-refractivity contribution in [2.45, 2.75) is 17.4 Å². The summed E-state index contributed by atoms with van der Waals surface area (Å²) in [5, 5.41) is 5.91. The first-order valence-electron chi connectivity index (χ1n) is 7.48. The number of hydrogen-bond donors (Lipinski definition) is 2. The van der Waals surface area contributed by atoms with Crippen molar-refractivity contribution >= 4 is 23.5 Å². The van der Waals surface area contributed by atoms with Gasteiger partial charge in [-0.2, -0.15) is 0 Å². The van der Waals surface area contributed by atoms with E-state index in [-0.39, 0.29) is 18.9 Å². The molecule has 0 bridgehead atoms. The number of anilines is 1. The van der Waals surface area contributed by atoms with Crippen LogP contribution in [-0.4, -0.2) is 18.6 Å². The largest absolute Gasteiger partial charge is 0.454 e. The van der Waals surface area contributed by atoms with Gasteiger partial charge in [-0.25, -0.2) is 4.79 Å². The Labute approximate surface area is 138 Å². The molecule has 0 radical (unpaired) electrons. The second-order valence-electron chi connectivity index (χ2n) is 5.39. The predicted molar refractivity (Wildman–Crippen MR) is 89.2 cm³/mol. The second kappa shape index (κ2) is 6.04. The number of carbonyl (C=O) groups is 1. The Morgan fingerprint density at radius 3 is 2.96 bits per heavy atom. The van der Waals surface area contributed by atoms with E-state index in [2.05, 4.69) is 22.8 Å². The number of ether oxygens (including phenoxy) is 2. The maximum absolute atomic E-state index is 12.3. The van der Waals surface area contributed by atoms with Crippen LogP contribution >= 0.6 is 11.8 Å². The van der Waals surface area contributed by atoms with Gasteiger partial charge in [0.2, 0.25) is 6.79 Å². The summed E-state index contributed by atoms with van der Waals surface area (Å²) in [5.74, 6) is 2.36. The molecular formula is C17H16N2O3S. The topological polar surface area (TPSA) is 59.6 Å². The highest BCUT2D eigenvalue weighted by molar-refractivity contribution is 7.99. The first kappa shape index (κ1) is 14.3. The van der Waals surface area contributed by atoms with Gasteiger partial charge in [-0.15, -0.1) is 11.8 Å². The van der Waals surface area contributed by atoms with Gasteiger partial charge in [0.05, 0.1) is 6.04 Å². The molecule has 2 aromatic carbocycles. The summed E-state index contributed by atoms with van der Waals surface area (Å²) in [5.41, 5.74) is 1.87. The fourth-order valence-corrected chi connectivity index (χ4v) is 3.92. The van der Waals surface area contributed by atoms with E-state index < -0.39 is 0 Å². The molecule has 0 spiro atoms. The molecule has 2 heterocycles. The minimum absolute atomic E-state index is 0.0430. The molecule has 0 aromatic heterocycles. The minimum atomic E-state index is -0.212. The number of nitrogens with one attached hydrogen (secondary N) is 2. The molecule has 2 N–H and O–H groups in total. The van der Waals surface area contributed by atoms with E-state index in [4.69, 9.17) is 9.47 Å². The summed E-state index contributed by atoms with van der Waals surface area (Å²) in [6, 6.07) is 13.4. The van der Waals surface area contributed by atoms with Crippen LogP contribution in [0.5, 0.6) is 11.5 Å². The SMILES string of the molecule is O=C(Nc1ccc2c(c1)OCO2)N[C@H]1CCSc2ccccc21. The van der Waals surface area contributed by atoms with Crippen LogP contribution in [-0.2, 0) is 0 Å². The molecule has 0 saturated carbocycles. The second-order valence-corrected chi connectivity index (χ2v) is 6.53. The lowest BCUT2D eigenvalue weighted by molar-refractivity contribution is 0.174. The fourth-order valence-electron chi connectivity index (χ4n) is 2.79. The van der Waals surface area contributed by atoms with Crippen LogP contribution in [0.2, 0.25) is 0 Å². The number of benzene rings is 2. The zero-order valence-corrected chi connectivity index (χ0v) is 13.2. The molecular weight excluding hydrogens is 312 g/mol. The third kappa shape index (κ3) is 2.94. The molecule has 5 nitrogen and oxygen atoms in total. The first-order chi connectivity index (χ1) is 11.3. The molecule has 4 rings (SSSR count). The highest BCUT2D eigenvalue weighted by Gasteiger charge is 2.22. The quantitative estimate of drug-likeness (QED) is 0.881.